The van der Waals surface area contributed by atoms with Crippen LogP contribution >= 0.6 is 0 Å². The number of hydrogen-bond donors (Lipinski definition) is 3. The standard InChI is InChI=1S/C19H25N3O2/c1-5-24-19(23)16-7-6-15(10-18(16)22-20)21-11-17-13(3)8-12(2)9-14(17)4/h6-10,21-22H,5,11,20H2,1-4H3. The van der Waals surface area contributed by atoms with E-state index in [0.29, 0.717) is 24.4 Å². The number of anilines is 2. The van der Waals surface area contributed by atoms with E-state index in [4.69, 9.17) is 10.6 Å². The summed E-state index contributed by atoms with van der Waals surface area (Å²) >= 11 is 0. The lowest BCUT2D eigenvalue weighted by molar-refractivity contribution is 0.0527. The Bertz CT molecular complexity index is 718. The summed E-state index contributed by atoms with van der Waals surface area (Å²) in [5.74, 6) is 5.15. The topological polar surface area (TPSA) is 76.4 Å². The average Bonchev–Trinajstić information content (AvgIpc) is 2.53. The van der Waals surface area contributed by atoms with Gasteiger partial charge in [0.25, 0.3) is 0 Å². The van der Waals surface area contributed by atoms with Gasteiger partial charge in [-0.15, -0.1) is 0 Å². The van der Waals surface area contributed by atoms with Gasteiger partial charge in [-0.05, 0) is 62.6 Å². The van der Waals surface area contributed by atoms with Gasteiger partial charge in [0.2, 0.25) is 0 Å². The maximum Gasteiger partial charge on any atom is 0.340 e. The van der Waals surface area contributed by atoms with Crippen LogP contribution in [0.3, 0.4) is 0 Å². The molecule has 0 bridgehead atoms. The van der Waals surface area contributed by atoms with Gasteiger partial charge >= 0.3 is 5.97 Å². The van der Waals surface area contributed by atoms with Gasteiger partial charge in [-0.1, -0.05) is 17.7 Å². The van der Waals surface area contributed by atoms with E-state index >= 15 is 0 Å². The number of hydrogen-bond acceptors (Lipinski definition) is 5. The first-order valence-corrected chi connectivity index (χ1v) is 8.04. The summed E-state index contributed by atoms with van der Waals surface area (Å²) in [7, 11) is 0. The van der Waals surface area contributed by atoms with E-state index in [1.165, 1.54) is 22.3 Å². The molecule has 0 spiro atoms. The molecule has 128 valence electrons. The minimum absolute atomic E-state index is 0.328. The molecule has 24 heavy (non-hydrogen) atoms. The second kappa shape index (κ2) is 7.84. The van der Waals surface area contributed by atoms with Crippen LogP contribution in [0.15, 0.2) is 30.3 Å². The first kappa shape index (κ1) is 17.8. The fraction of sp³-hybridized carbons (Fsp3) is 0.316. The molecule has 2 rings (SSSR count). The van der Waals surface area contributed by atoms with Crippen molar-refractivity contribution in [1.29, 1.82) is 0 Å². The molecule has 0 unspecified atom stereocenters. The highest BCUT2D eigenvalue weighted by Gasteiger charge is 2.13. The summed E-state index contributed by atoms with van der Waals surface area (Å²) in [5, 5.41) is 3.39. The SMILES string of the molecule is CCOC(=O)c1ccc(NCc2c(C)cc(C)cc2C)cc1NN. The first-order valence-electron chi connectivity index (χ1n) is 8.04. The number of benzene rings is 2. The van der Waals surface area contributed by atoms with Crippen LogP contribution in [0, 0.1) is 20.8 Å². The molecular formula is C19H25N3O2. The number of hydrazine groups is 1. The number of rotatable bonds is 6. The van der Waals surface area contributed by atoms with Crippen molar-refractivity contribution in [2.75, 3.05) is 17.3 Å². The number of esters is 1. The Balaban J connectivity index is 2.18. The van der Waals surface area contributed by atoms with Crippen molar-refractivity contribution >= 4 is 17.3 Å². The zero-order valence-electron chi connectivity index (χ0n) is 14.7. The summed E-state index contributed by atoms with van der Waals surface area (Å²) < 4.78 is 5.03. The Morgan fingerprint density at radius 3 is 2.38 bits per heavy atom. The normalized spacial score (nSPS) is 10.4. The number of aryl methyl sites for hydroxylation is 3. The number of ether oxygens (including phenoxy) is 1. The van der Waals surface area contributed by atoms with Crippen LogP contribution in [-0.2, 0) is 11.3 Å². The van der Waals surface area contributed by atoms with E-state index in [1.807, 2.05) is 12.1 Å². The van der Waals surface area contributed by atoms with Gasteiger partial charge in [0.05, 0.1) is 17.9 Å². The molecule has 0 saturated carbocycles. The number of nitrogens with one attached hydrogen (secondary N) is 2. The zero-order valence-corrected chi connectivity index (χ0v) is 14.7. The summed E-state index contributed by atoms with van der Waals surface area (Å²) in [5.41, 5.74) is 9.48. The van der Waals surface area contributed by atoms with Crippen molar-refractivity contribution in [1.82, 2.24) is 0 Å². The minimum Gasteiger partial charge on any atom is -0.462 e. The van der Waals surface area contributed by atoms with E-state index in [9.17, 15) is 4.79 Å². The molecule has 0 amide bonds. The maximum absolute atomic E-state index is 11.9. The van der Waals surface area contributed by atoms with Crippen molar-refractivity contribution in [2.24, 2.45) is 5.84 Å². The van der Waals surface area contributed by atoms with E-state index in [0.717, 1.165) is 5.69 Å². The molecule has 0 aromatic heterocycles. The lowest BCUT2D eigenvalue weighted by Gasteiger charge is -2.15. The van der Waals surface area contributed by atoms with Crippen LogP contribution in [0.4, 0.5) is 11.4 Å². The second-order valence-corrected chi connectivity index (χ2v) is 5.86. The lowest BCUT2D eigenvalue weighted by Crippen LogP contribution is -2.14. The van der Waals surface area contributed by atoms with Crippen LogP contribution in [0.5, 0.6) is 0 Å². The predicted molar refractivity (Wildman–Crippen MR) is 98.2 cm³/mol. The number of nitrogen functional groups attached to an aromatic ring is 1. The molecule has 5 heteroatoms. The molecule has 5 nitrogen and oxygen atoms in total. The van der Waals surface area contributed by atoms with Crippen LogP contribution in [0.2, 0.25) is 0 Å². The quantitative estimate of drug-likeness (QED) is 0.428. The Labute approximate surface area is 143 Å². The van der Waals surface area contributed by atoms with E-state index in [-0.39, 0.29) is 5.97 Å². The number of nitrogens with two attached hydrogens (primary N) is 1. The summed E-state index contributed by atoms with van der Waals surface area (Å²) in [6.07, 6.45) is 0. The molecule has 0 atom stereocenters. The van der Waals surface area contributed by atoms with E-state index < -0.39 is 0 Å². The predicted octanol–water partition coefficient (Wildman–Crippen LogP) is 3.69. The van der Waals surface area contributed by atoms with Crippen molar-refractivity contribution in [3.8, 4) is 0 Å². The van der Waals surface area contributed by atoms with Gasteiger partial charge in [-0.3, -0.25) is 5.84 Å². The largest absolute Gasteiger partial charge is 0.462 e. The van der Waals surface area contributed by atoms with Gasteiger partial charge in [-0.2, -0.15) is 0 Å². The first-order chi connectivity index (χ1) is 11.5. The van der Waals surface area contributed by atoms with E-state index in [2.05, 4.69) is 43.6 Å². The van der Waals surface area contributed by atoms with Gasteiger partial charge in [0.1, 0.15) is 0 Å². The summed E-state index contributed by atoms with van der Waals surface area (Å²) in [6.45, 7) is 9.15. The summed E-state index contributed by atoms with van der Waals surface area (Å²) in [6, 6.07) is 9.74. The molecule has 0 fully saturated rings. The van der Waals surface area contributed by atoms with Crippen molar-refractivity contribution in [2.45, 2.75) is 34.2 Å². The maximum atomic E-state index is 11.9. The summed E-state index contributed by atoms with van der Waals surface area (Å²) in [4.78, 5) is 11.9. The molecule has 0 aliphatic heterocycles. The Kier molecular flexibility index (Phi) is 5.82. The van der Waals surface area contributed by atoms with Crippen LogP contribution in [0.25, 0.3) is 0 Å². The Hall–Kier alpha value is -2.53. The van der Waals surface area contributed by atoms with Crippen LogP contribution in [-0.4, -0.2) is 12.6 Å². The molecule has 0 heterocycles. The molecule has 0 radical (unpaired) electrons. The van der Waals surface area contributed by atoms with Crippen LogP contribution < -0.4 is 16.6 Å². The molecular weight excluding hydrogens is 302 g/mol. The third kappa shape index (κ3) is 4.06. The minimum atomic E-state index is -0.387. The van der Waals surface area contributed by atoms with Gasteiger partial charge < -0.3 is 15.5 Å². The highest BCUT2D eigenvalue weighted by atomic mass is 16.5. The highest BCUT2D eigenvalue weighted by molar-refractivity contribution is 5.96. The van der Waals surface area contributed by atoms with Crippen molar-refractivity contribution in [3.63, 3.8) is 0 Å². The van der Waals surface area contributed by atoms with Gasteiger partial charge in [0.15, 0.2) is 0 Å². The van der Waals surface area contributed by atoms with Crippen molar-refractivity contribution in [3.05, 3.63) is 58.1 Å². The molecule has 0 saturated heterocycles. The Morgan fingerprint density at radius 1 is 1.12 bits per heavy atom. The third-order valence-corrected chi connectivity index (χ3v) is 3.98. The highest BCUT2D eigenvalue weighted by Crippen LogP contribution is 2.23. The molecule has 2 aromatic rings. The van der Waals surface area contributed by atoms with Gasteiger partial charge in [0, 0.05) is 12.2 Å². The molecule has 2 aromatic carbocycles. The average molecular weight is 327 g/mol. The molecule has 0 aliphatic rings. The fourth-order valence-corrected chi connectivity index (χ4v) is 2.84. The van der Waals surface area contributed by atoms with E-state index in [1.54, 1.807) is 13.0 Å². The van der Waals surface area contributed by atoms with Crippen molar-refractivity contribution < 1.29 is 9.53 Å². The number of carbonyl (C=O) groups excluding carboxylic acids is 1. The molecule has 0 aliphatic carbocycles. The lowest BCUT2D eigenvalue weighted by atomic mass is 10.00. The van der Waals surface area contributed by atoms with Gasteiger partial charge in [-0.25, -0.2) is 4.79 Å². The second-order valence-electron chi connectivity index (χ2n) is 5.86. The van der Waals surface area contributed by atoms with Crippen LogP contribution in [0.1, 0.15) is 39.5 Å². The Morgan fingerprint density at radius 2 is 1.79 bits per heavy atom. The zero-order chi connectivity index (χ0) is 17.7. The monoisotopic (exact) mass is 327 g/mol. The smallest absolute Gasteiger partial charge is 0.340 e. The number of carbonyl (C=O) groups is 1. The third-order valence-electron chi connectivity index (χ3n) is 3.98. The molecule has 4 N–H and O–H groups in total. The fourth-order valence-electron chi connectivity index (χ4n) is 2.84.